The second kappa shape index (κ2) is 4.87. The van der Waals surface area contributed by atoms with Crippen LogP contribution in [0.2, 0.25) is 0 Å². The van der Waals surface area contributed by atoms with Crippen LogP contribution in [0.4, 0.5) is 13.2 Å². The van der Waals surface area contributed by atoms with E-state index >= 15 is 0 Å². The molecule has 0 fully saturated rings. The zero-order chi connectivity index (χ0) is 13.2. The average molecular weight is 245 g/mol. The van der Waals surface area contributed by atoms with E-state index < -0.39 is 17.8 Å². The van der Waals surface area contributed by atoms with Crippen molar-refractivity contribution in [3.8, 4) is 0 Å². The molecular formula is C12H14F3NO. The number of alkyl halides is 3. The summed E-state index contributed by atoms with van der Waals surface area (Å²) in [7, 11) is 3.32. The first-order chi connectivity index (χ1) is 7.73. The molecule has 0 radical (unpaired) electrons. The highest BCUT2D eigenvalue weighted by molar-refractivity contribution is 5.82. The minimum atomic E-state index is -4.39. The predicted molar refractivity (Wildman–Crippen MR) is 58.6 cm³/mol. The van der Waals surface area contributed by atoms with Gasteiger partial charge in [-0.2, -0.15) is 13.2 Å². The molecule has 0 aliphatic carbocycles. The molecule has 0 heterocycles. The van der Waals surface area contributed by atoms with Gasteiger partial charge in [0.1, 0.15) is 0 Å². The maximum absolute atomic E-state index is 12.5. The number of Topliss-reactive ketones (excluding diaryl/α,β-unsaturated/α-hetero) is 1. The van der Waals surface area contributed by atoms with Crippen molar-refractivity contribution >= 4 is 5.78 Å². The standard InChI is InChI=1S/C12H14F3NO/c1-8(17)11(16(2)3)9-5-4-6-10(7-9)12(13,14)15/h4-7,11H,1-3H3. The Morgan fingerprint density at radius 2 is 1.88 bits per heavy atom. The highest BCUT2D eigenvalue weighted by atomic mass is 19.4. The van der Waals surface area contributed by atoms with Gasteiger partial charge in [-0.25, -0.2) is 0 Å². The second-order valence-electron chi connectivity index (χ2n) is 4.10. The average Bonchev–Trinajstić information content (AvgIpc) is 2.15. The number of nitrogens with zero attached hydrogens (tertiary/aromatic N) is 1. The molecule has 1 aromatic carbocycles. The number of carbonyl (C=O) groups is 1. The summed E-state index contributed by atoms with van der Waals surface area (Å²) in [6, 6.07) is 4.22. The Labute approximate surface area is 98.0 Å². The summed E-state index contributed by atoms with van der Waals surface area (Å²) in [5.41, 5.74) is -0.375. The molecule has 0 bridgehead atoms. The number of halogens is 3. The van der Waals surface area contributed by atoms with Crippen molar-refractivity contribution in [1.29, 1.82) is 0 Å². The van der Waals surface area contributed by atoms with Crippen molar-refractivity contribution < 1.29 is 18.0 Å². The molecule has 0 amide bonds. The van der Waals surface area contributed by atoms with Crippen LogP contribution in [0.1, 0.15) is 24.1 Å². The molecule has 0 saturated carbocycles. The predicted octanol–water partition coefficient (Wildman–Crippen LogP) is 2.90. The first-order valence-electron chi connectivity index (χ1n) is 5.07. The highest BCUT2D eigenvalue weighted by Gasteiger charge is 2.31. The van der Waals surface area contributed by atoms with Crippen LogP contribution in [0, 0.1) is 0 Å². The van der Waals surface area contributed by atoms with Crippen LogP contribution in [0.15, 0.2) is 24.3 Å². The normalized spacial score (nSPS) is 13.8. The van der Waals surface area contributed by atoms with Crippen LogP contribution < -0.4 is 0 Å². The first-order valence-corrected chi connectivity index (χ1v) is 5.07. The summed E-state index contributed by atoms with van der Waals surface area (Å²) in [6.07, 6.45) is -4.39. The smallest absolute Gasteiger partial charge is 0.298 e. The van der Waals surface area contributed by atoms with Crippen molar-refractivity contribution in [3.05, 3.63) is 35.4 Å². The Hall–Kier alpha value is -1.36. The summed E-state index contributed by atoms with van der Waals surface area (Å²) in [5.74, 6) is -0.186. The van der Waals surface area contributed by atoms with Crippen LogP contribution in [-0.4, -0.2) is 24.8 Å². The molecule has 1 unspecified atom stereocenters. The number of carbonyl (C=O) groups excluding carboxylic acids is 1. The number of rotatable bonds is 3. The topological polar surface area (TPSA) is 20.3 Å². The van der Waals surface area contributed by atoms with E-state index in [1.165, 1.54) is 19.1 Å². The van der Waals surface area contributed by atoms with Crippen molar-refractivity contribution in [2.75, 3.05) is 14.1 Å². The Morgan fingerprint density at radius 1 is 1.29 bits per heavy atom. The van der Waals surface area contributed by atoms with Crippen LogP contribution in [0.5, 0.6) is 0 Å². The first kappa shape index (κ1) is 13.7. The molecule has 17 heavy (non-hydrogen) atoms. The Balaban J connectivity index is 3.18. The van der Waals surface area contributed by atoms with Crippen molar-refractivity contribution in [2.45, 2.75) is 19.1 Å². The Kier molecular flexibility index (Phi) is 3.93. The number of hydrogen-bond acceptors (Lipinski definition) is 2. The van der Waals surface area contributed by atoms with Gasteiger partial charge < -0.3 is 0 Å². The lowest BCUT2D eigenvalue weighted by Gasteiger charge is -2.22. The van der Waals surface area contributed by atoms with Crippen molar-refractivity contribution in [1.82, 2.24) is 4.90 Å². The number of likely N-dealkylation sites (N-methyl/N-ethyl adjacent to an activating group) is 1. The van der Waals surface area contributed by atoms with Gasteiger partial charge in [0.05, 0.1) is 11.6 Å². The Bertz CT molecular complexity index is 412. The van der Waals surface area contributed by atoms with Gasteiger partial charge in [-0.3, -0.25) is 9.69 Å². The monoisotopic (exact) mass is 245 g/mol. The van der Waals surface area contributed by atoms with E-state index in [1.54, 1.807) is 19.0 Å². The second-order valence-corrected chi connectivity index (χ2v) is 4.10. The molecule has 2 nitrogen and oxygen atoms in total. The fourth-order valence-electron chi connectivity index (χ4n) is 1.78. The molecule has 1 rings (SSSR count). The highest BCUT2D eigenvalue weighted by Crippen LogP contribution is 2.31. The molecule has 0 N–H and O–H groups in total. The van der Waals surface area contributed by atoms with Crippen LogP contribution >= 0.6 is 0 Å². The molecule has 0 aliphatic heterocycles. The van der Waals surface area contributed by atoms with Gasteiger partial charge in [-0.05, 0) is 38.7 Å². The third-order valence-electron chi connectivity index (χ3n) is 2.43. The van der Waals surface area contributed by atoms with Gasteiger partial charge in [0.25, 0.3) is 0 Å². The van der Waals surface area contributed by atoms with Gasteiger partial charge in [0.2, 0.25) is 0 Å². The molecular weight excluding hydrogens is 231 g/mol. The zero-order valence-corrected chi connectivity index (χ0v) is 9.88. The van der Waals surface area contributed by atoms with Crippen molar-refractivity contribution in [3.63, 3.8) is 0 Å². The Morgan fingerprint density at radius 3 is 2.29 bits per heavy atom. The van der Waals surface area contributed by atoms with Crippen LogP contribution in [0.3, 0.4) is 0 Å². The summed E-state index contributed by atoms with van der Waals surface area (Å²) in [4.78, 5) is 13.0. The van der Waals surface area contributed by atoms with E-state index in [9.17, 15) is 18.0 Å². The van der Waals surface area contributed by atoms with Crippen molar-refractivity contribution in [2.24, 2.45) is 0 Å². The van der Waals surface area contributed by atoms with E-state index in [0.717, 1.165) is 12.1 Å². The van der Waals surface area contributed by atoms with E-state index in [2.05, 4.69) is 0 Å². The molecule has 1 aromatic rings. The van der Waals surface area contributed by atoms with Gasteiger partial charge in [0, 0.05) is 0 Å². The summed E-state index contributed by atoms with van der Waals surface area (Å²) < 4.78 is 37.6. The minimum absolute atomic E-state index is 0.186. The van der Waals surface area contributed by atoms with E-state index in [4.69, 9.17) is 0 Å². The third kappa shape index (κ3) is 3.30. The molecule has 0 aromatic heterocycles. The maximum Gasteiger partial charge on any atom is 0.416 e. The SMILES string of the molecule is CC(=O)C(c1cccc(C(F)(F)F)c1)N(C)C. The summed E-state index contributed by atoms with van der Waals surface area (Å²) >= 11 is 0. The number of hydrogen-bond donors (Lipinski definition) is 0. The van der Waals surface area contributed by atoms with Gasteiger partial charge in [-0.1, -0.05) is 12.1 Å². The lowest BCUT2D eigenvalue weighted by atomic mass is 10.00. The zero-order valence-electron chi connectivity index (χ0n) is 9.88. The molecule has 0 saturated heterocycles. The molecule has 0 spiro atoms. The minimum Gasteiger partial charge on any atom is -0.298 e. The van der Waals surface area contributed by atoms with E-state index in [-0.39, 0.29) is 5.78 Å². The fourth-order valence-corrected chi connectivity index (χ4v) is 1.78. The molecule has 5 heteroatoms. The van der Waals surface area contributed by atoms with E-state index in [0.29, 0.717) is 5.56 Å². The quantitative estimate of drug-likeness (QED) is 0.816. The number of benzene rings is 1. The van der Waals surface area contributed by atoms with E-state index in [1.807, 2.05) is 0 Å². The fraction of sp³-hybridized carbons (Fsp3) is 0.417. The van der Waals surface area contributed by atoms with Crippen LogP contribution in [0.25, 0.3) is 0 Å². The van der Waals surface area contributed by atoms with Gasteiger partial charge in [-0.15, -0.1) is 0 Å². The summed E-state index contributed by atoms with van der Waals surface area (Å²) in [6.45, 7) is 1.37. The number of ketones is 1. The molecule has 1 atom stereocenters. The lowest BCUT2D eigenvalue weighted by molar-refractivity contribution is -0.137. The van der Waals surface area contributed by atoms with Gasteiger partial charge >= 0.3 is 6.18 Å². The largest absolute Gasteiger partial charge is 0.416 e. The molecule has 0 aliphatic rings. The summed E-state index contributed by atoms with van der Waals surface area (Å²) in [5, 5.41) is 0. The maximum atomic E-state index is 12.5. The van der Waals surface area contributed by atoms with Gasteiger partial charge in [0.15, 0.2) is 5.78 Å². The van der Waals surface area contributed by atoms with Crippen LogP contribution in [-0.2, 0) is 11.0 Å². The molecule has 94 valence electrons. The third-order valence-corrected chi connectivity index (χ3v) is 2.43. The lowest BCUT2D eigenvalue weighted by Crippen LogP contribution is -2.26.